The predicted molar refractivity (Wildman–Crippen MR) is 87.3 cm³/mol. The zero-order valence-electron chi connectivity index (χ0n) is 11.7. The second-order valence-electron chi connectivity index (χ2n) is 4.67. The number of nitrogens with two attached hydrogens (primary N) is 1. The van der Waals surface area contributed by atoms with E-state index in [1.54, 1.807) is 12.1 Å². The van der Waals surface area contributed by atoms with Crippen LogP contribution in [0.1, 0.15) is 18.5 Å². The zero-order valence-corrected chi connectivity index (χ0v) is 13.3. The summed E-state index contributed by atoms with van der Waals surface area (Å²) in [5.74, 6) is 0.132. The molecule has 1 unspecified atom stereocenters. The molecule has 110 valence electrons. The first-order valence-corrected chi connectivity index (χ1v) is 7.37. The molecule has 0 aliphatic rings. The minimum absolute atomic E-state index is 0.111. The highest BCUT2D eigenvalue weighted by atomic mass is 79.9. The molecule has 1 amide bonds. The van der Waals surface area contributed by atoms with Gasteiger partial charge in [0.15, 0.2) is 6.61 Å². The maximum absolute atomic E-state index is 10.7. The van der Waals surface area contributed by atoms with Crippen LogP contribution in [0.5, 0.6) is 5.75 Å². The fraction of sp³-hybridized carbons (Fsp3) is 0.188. The molecule has 0 saturated carbocycles. The highest BCUT2D eigenvalue weighted by molar-refractivity contribution is 9.10. The summed E-state index contributed by atoms with van der Waals surface area (Å²) in [6.07, 6.45) is 0. The largest absolute Gasteiger partial charge is 0.484 e. The molecule has 0 aliphatic heterocycles. The van der Waals surface area contributed by atoms with Gasteiger partial charge in [0, 0.05) is 16.2 Å². The highest BCUT2D eigenvalue weighted by Crippen LogP contribution is 2.26. The van der Waals surface area contributed by atoms with Crippen LogP contribution in [0.15, 0.2) is 53.0 Å². The van der Waals surface area contributed by atoms with Crippen LogP contribution in [-0.2, 0) is 4.79 Å². The molecule has 2 aromatic carbocycles. The lowest BCUT2D eigenvalue weighted by molar-refractivity contribution is -0.119. The first-order chi connectivity index (χ1) is 10.1. The average molecular weight is 349 g/mol. The molecule has 0 bridgehead atoms. The third-order valence-corrected chi connectivity index (χ3v) is 3.71. The van der Waals surface area contributed by atoms with E-state index in [-0.39, 0.29) is 12.6 Å². The maximum atomic E-state index is 10.7. The normalized spacial score (nSPS) is 11.7. The number of primary amides is 1. The Morgan fingerprint density at radius 1 is 1.24 bits per heavy atom. The first-order valence-electron chi connectivity index (χ1n) is 6.58. The van der Waals surface area contributed by atoms with Crippen molar-refractivity contribution in [2.75, 3.05) is 11.9 Å². The van der Waals surface area contributed by atoms with Gasteiger partial charge in [-0.15, -0.1) is 0 Å². The van der Waals surface area contributed by atoms with Crippen LogP contribution in [-0.4, -0.2) is 12.5 Å². The van der Waals surface area contributed by atoms with Crippen LogP contribution >= 0.6 is 15.9 Å². The van der Waals surface area contributed by atoms with E-state index in [1.165, 1.54) is 5.56 Å². The lowest BCUT2D eigenvalue weighted by Gasteiger charge is -2.17. The quantitative estimate of drug-likeness (QED) is 0.839. The summed E-state index contributed by atoms with van der Waals surface area (Å²) in [5, 5.41) is 3.41. The van der Waals surface area contributed by atoms with Crippen LogP contribution in [0.2, 0.25) is 0 Å². The standard InChI is InChI=1S/C16H17BrN2O2/c1-11(14-4-2-3-5-15(14)17)19-12-6-8-13(9-7-12)21-10-16(18)20/h2-9,11,19H,10H2,1H3,(H2,18,20). The fourth-order valence-electron chi connectivity index (χ4n) is 1.96. The van der Waals surface area contributed by atoms with Gasteiger partial charge in [-0.1, -0.05) is 34.1 Å². The van der Waals surface area contributed by atoms with Crippen molar-refractivity contribution in [2.45, 2.75) is 13.0 Å². The molecule has 2 rings (SSSR count). The number of amides is 1. The molecule has 1 atom stereocenters. The number of nitrogens with one attached hydrogen (secondary N) is 1. The van der Waals surface area contributed by atoms with E-state index >= 15 is 0 Å². The Morgan fingerprint density at radius 3 is 2.52 bits per heavy atom. The van der Waals surface area contributed by atoms with Gasteiger partial charge in [-0.2, -0.15) is 0 Å². The Hall–Kier alpha value is -2.01. The summed E-state index contributed by atoms with van der Waals surface area (Å²) in [4.78, 5) is 10.7. The van der Waals surface area contributed by atoms with Crippen molar-refractivity contribution in [3.63, 3.8) is 0 Å². The molecule has 4 nitrogen and oxygen atoms in total. The molecule has 3 N–H and O–H groups in total. The fourth-order valence-corrected chi connectivity index (χ4v) is 2.58. The number of hydrogen-bond donors (Lipinski definition) is 2. The van der Waals surface area contributed by atoms with Crippen LogP contribution < -0.4 is 15.8 Å². The van der Waals surface area contributed by atoms with Crippen molar-refractivity contribution in [3.8, 4) is 5.75 Å². The van der Waals surface area contributed by atoms with Crippen molar-refractivity contribution in [2.24, 2.45) is 5.73 Å². The van der Waals surface area contributed by atoms with E-state index in [0.29, 0.717) is 5.75 Å². The Bertz CT molecular complexity index is 614. The van der Waals surface area contributed by atoms with Gasteiger partial charge in [0.25, 0.3) is 5.91 Å². The molecular formula is C16H17BrN2O2. The molecular weight excluding hydrogens is 332 g/mol. The Balaban J connectivity index is 2.00. The van der Waals surface area contributed by atoms with Gasteiger partial charge in [0.1, 0.15) is 5.75 Å². The van der Waals surface area contributed by atoms with Gasteiger partial charge in [-0.25, -0.2) is 0 Å². The Kier molecular flexibility index (Phi) is 5.22. The first kappa shape index (κ1) is 15.4. The number of benzene rings is 2. The summed E-state index contributed by atoms with van der Waals surface area (Å²) < 4.78 is 6.30. The van der Waals surface area contributed by atoms with E-state index in [1.807, 2.05) is 30.3 Å². The lowest BCUT2D eigenvalue weighted by atomic mass is 10.1. The lowest BCUT2D eigenvalue weighted by Crippen LogP contribution is -2.19. The second-order valence-corrected chi connectivity index (χ2v) is 5.52. The maximum Gasteiger partial charge on any atom is 0.255 e. The number of hydrogen-bond acceptors (Lipinski definition) is 3. The Labute approximate surface area is 132 Å². The molecule has 5 heteroatoms. The summed E-state index contributed by atoms with van der Waals surface area (Å²) >= 11 is 3.55. The van der Waals surface area contributed by atoms with Crippen molar-refractivity contribution < 1.29 is 9.53 Å². The number of rotatable bonds is 6. The molecule has 0 spiro atoms. The monoisotopic (exact) mass is 348 g/mol. The van der Waals surface area contributed by atoms with Gasteiger partial charge < -0.3 is 15.8 Å². The summed E-state index contributed by atoms with van der Waals surface area (Å²) in [6, 6.07) is 15.7. The smallest absolute Gasteiger partial charge is 0.255 e. The minimum atomic E-state index is -0.486. The molecule has 0 aliphatic carbocycles. The number of carbonyl (C=O) groups excluding carboxylic acids is 1. The average Bonchev–Trinajstić information content (AvgIpc) is 2.47. The number of ether oxygens (including phenoxy) is 1. The van der Waals surface area contributed by atoms with E-state index in [9.17, 15) is 4.79 Å². The molecule has 0 heterocycles. The molecule has 0 fully saturated rings. The number of halogens is 1. The third-order valence-electron chi connectivity index (χ3n) is 2.99. The predicted octanol–water partition coefficient (Wildman–Crippen LogP) is 3.49. The van der Waals surface area contributed by atoms with Gasteiger partial charge in [-0.05, 0) is 42.8 Å². The van der Waals surface area contributed by atoms with E-state index in [0.717, 1.165) is 10.2 Å². The van der Waals surface area contributed by atoms with E-state index < -0.39 is 5.91 Å². The van der Waals surface area contributed by atoms with Gasteiger partial charge in [0.05, 0.1) is 0 Å². The minimum Gasteiger partial charge on any atom is -0.484 e. The number of anilines is 1. The van der Waals surface area contributed by atoms with Crippen molar-refractivity contribution in [1.29, 1.82) is 0 Å². The topological polar surface area (TPSA) is 64.3 Å². The van der Waals surface area contributed by atoms with Gasteiger partial charge in [-0.3, -0.25) is 4.79 Å². The van der Waals surface area contributed by atoms with Crippen LogP contribution in [0, 0.1) is 0 Å². The summed E-state index contributed by atoms with van der Waals surface area (Å²) in [6.45, 7) is 1.98. The summed E-state index contributed by atoms with van der Waals surface area (Å²) in [7, 11) is 0. The van der Waals surface area contributed by atoms with Crippen molar-refractivity contribution >= 4 is 27.5 Å². The van der Waals surface area contributed by atoms with Gasteiger partial charge in [0.2, 0.25) is 0 Å². The van der Waals surface area contributed by atoms with Crippen LogP contribution in [0.25, 0.3) is 0 Å². The van der Waals surface area contributed by atoms with E-state index in [4.69, 9.17) is 10.5 Å². The van der Waals surface area contributed by atoms with E-state index in [2.05, 4.69) is 34.2 Å². The zero-order chi connectivity index (χ0) is 15.2. The molecule has 0 aromatic heterocycles. The van der Waals surface area contributed by atoms with Crippen molar-refractivity contribution in [1.82, 2.24) is 0 Å². The molecule has 0 saturated heterocycles. The third kappa shape index (κ3) is 4.49. The SMILES string of the molecule is CC(Nc1ccc(OCC(N)=O)cc1)c1ccccc1Br. The summed E-state index contributed by atoms with van der Waals surface area (Å²) in [5.41, 5.74) is 7.20. The Morgan fingerprint density at radius 2 is 1.90 bits per heavy atom. The highest BCUT2D eigenvalue weighted by Gasteiger charge is 2.08. The second kappa shape index (κ2) is 7.13. The molecule has 0 radical (unpaired) electrons. The molecule has 2 aromatic rings. The molecule has 21 heavy (non-hydrogen) atoms. The van der Waals surface area contributed by atoms with Gasteiger partial charge >= 0.3 is 0 Å². The van der Waals surface area contributed by atoms with Crippen LogP contribution in [0.4, 0.5) is 5.69 Å². The van der Waals surface area contributed by atoms with Crippen molar-refractivity contribution in [3.05, 3.63) is 58.6 Å². The van der Waals surface area contributed by atoms with Crippen LogP contribution in [0.3, 0.4) is 0 Å². The number of carbonyl (C=O) groups is 1.